The molecule has 2 unspecified atom stereocenters. The highest BCUT2D eigenvalue weighted by Crippen LogP contribution is 2.54. The van der Waals surface area contributed by atoms with Crippen LogP contribution in [0.2, 0.25) is 5.02 Å². The number of nitrogens with zero attached hydrogens (tertiary/aromatic N) is 1. The van der Waals surface area contributed by atoms with Gasteiger partial charge in [-0.2, -0.15) is 0 Å². The molecule has 140 valence electrons. The first kappa shape index (κ1) is 19.5. The molecule has 2 aromatic carbocycles. The number of ether oxygens (including phenoxy) is 1. The Hall–Kier alpha value is -1.22. The van der Waals surface area contributed by atoms with Gasteiger partial charge < -0.3 is 9.64 Å². The van der Waals surface area contributed by atoms with Crippen molar-refractivity contribution in [2.45, 2.75) is 31.6 Å². The summed E-state index contributed by atoms with van der Waals surface area (Å²) in [6.07, 6.45) is 1.01. The summed E-state index contributed by atoms with van der Waals surface area (Å²) < 4.78 is 5.94. The van der Waals surface area contributed by atoms with Crippen molar-refractivity contribution < 1.29 is 4.74 Å². The highest BCUT2D eigenvalue weighted by Gasteiger charge is 2.40. The third-order valence-corrected chi connectivity index (χ3v) is 6.28. The average Bonchev–Trinajstić information content (AvgIpc) is 2.59. The Kier molecular flexibility index (Phi) is 5.86. The Morgan fingerprint density at radius 3 is 2.42 bits per heavy atom. The summed E-state index contributed by atoms with van der Waals surface area (Å²) in [6.45, 7) is 6.05. The summed E-state index contributed by atoms with van der Waals surface area (Å²) in [7, 11) is 4.09. The number of alkyl halides is 1. The summed E-state index contributed by atoms with van der Waals surface area (Å²) in [5.74, 6) is 1.21. The number of rotatable bonds is 5. The minimum Gasteiger partial charge on any atom is -0.492 e. The second-order valence-electron chi connectivity index (χ2n) is 8.10. The highest BCUT2D eigenvalue weighted by atomic mass is 35.5. The van der Waals surface area contributed by atoms with Crippen LogP contribution in [0.15, 0.2) is 42.5 Å². The molecule has 0 heterocycles. The van der Waals surface area contributed by atoms with E-state index in [4.69, 9.17) is 27.9 Å². The Morgan fingerprint density at radius 1 is 1.08 bits per heavy atom. The predicted octanol–water partition coefficient (Wildman–Crippen LogP) is 6.12. The fourth-order valence-electron chi connectivity index (χ4n) is 3.68. The largest absolute Gasteiger partial charge is 0.492 e. The van der Waals surface area contributed by atoms with Gasteiger partial charge in [-0.1, -0.05) is 43.6 Å². The lowest BCUT2D eigenvalue weighted by atomic mass is 9.67. The normalized spacial score (nSPS) is 21.5. The molecule has 0 N–H and O–H groups in total. The van der Waals surface area contributed by atoms with Gasteiger partial charge in [-0.05, 0) is 66.9 Å². The van der Waals surface area contributed by atoms with Crippen LogP contribution < -0.4 is 4.74 Å². The van der Waals surface area contributed by atoms with E-state index in [2.05, 4.69) is 49.1 Å². The van der Waals surface area contributed by atoms with Crippen molar-refractivity contribution >= 4 is 23.2 Å². The number of fused-ring (bicyclic) bond motifs is 1. The van der Waals surface area contributed by atoms with Crippen molar-refractivity contribution in [1.82, 2.24) is 4.90 Å². The van der Waals surface area contributed by atoms with Gasteiger partial charge in [0.05, 0.1) is 5.38 Å². The van der Waals surface area contributed by atoms with Crippen LogP contribution in [-0.4, -0.2) is 32.1 Å². The summed E-state index contributed by atoms with van der Waals surface area (Å²) >= 11 is 13.0. The lowest BCUT2D eigenvalue weighted by Crippen LogP contribution is -2.28. The Labute approximate surface area is 167 Å². The smallest absolute Gasteiger partial charge is 0.119 e. The Balaban J connectivity index is 1.94. The first-order chi connectivity index (χ1) is 12.3. The molecule has 0 bridgehead atoms. The molecule has 0 aromatic heterocycles. The molecule has 0 saturated carbocycles. The van der Waals surface area contributed by atoms with Gasteiger partial charge in [-0.3, -0.25) is 0 Å². The second-order valence-corrected chi connectivity index (χ2v) is 8.97. The Morgan fingerprint density at radius 2 is 1.77 bits per heavy atom. The third kappa shape index (κ3) is 4.19. The van der Waals surface area contributed by atoms with Crippen molar-refractivity contribution in [3.63, 3.8) is 0 Å². The molecule has 2 atom stereocenters. The summed E-state index contributed by atoms with van der Waals surface area (Å²) in [5, 5.41) is 0.738. The molecule has 0 saturated heterocycles. The molecule has 1 aliphatic carbocycles. The monoisotopic (exact) mass is 391 g/mol. The maximum Gasteiger partial charge on any atom is 0.119 e. The molecule has 0 fully saturated rings. The van der Waals surface area contributed by atoms with E-state index in [0.29, 0.717) is 12.5 Å². The van der Waals surface area contributed by atoms with Crippen molar-refractivity contribution in [3.05, 3.63) is 64.2 Å². The van der Waals surface area contributed by atoms with E-state index < -0.39 is 0 Å². The van der Waals surface area contributed by atoms with Gasteiger partial charge in [0.15, 0.2) is 0 Å². The summed E-state index contributed by atoms with van der Waals surface area (Å²) in [4.78, 5) is 2.11. The SMILES string of the molecule is CN(C)CCOc1ccc2c(c1)C(Cl)C(C)(C)CC2c1ccc(Cl)cc1. The van der Waals surface area contributed by atoms with Crippen molar-refractivity contribution in [3.8, 4) is 5.75 Å². The predicted molar refractivity (Wildman–Crippen MR) is 111 cm³/mol. The lowest BCUT2D eigenvalue weighted by molar-refractivity contribution is 0.258. The molecule has 2 aromatic rings. The van der Waals surface area contributed by atoms with Crippen LogP contribution in [-0.2, 0) is 0 Å². The molecular weight excluding hydrogens is 365 g/mol. The van der Waals surface area contributed by atoms with E-state index in [1.165, 1.54) is 16.7 Å². The minimum atomic E-state index is -0.0292. The van der Waals surface area contributed by atoms with Crippen LogP contribution in [0.25, 0.3) is 0 Å². The molecular formula is C22H27Cl2NO. The van der Waals surface area contributed by atoms with Crippen LogP contribution in [0.1, 0.15) is 48.3 Å². The maximum atomic E-state index is 6.89. The number of hydrogen-bond donors (Lipinski definition) is 0. The van der Waals surface area contributed by atoms with E-state index in [-0.39, 0.29) is 10.8 Å². The van der Waals surface area contributed by atoms with Crippen molar-refractivity contribution in [2.75, 3.05) is 27.2 Å². The zero-order valence-corrected chi connectivity index (χ0v) is 17.4. The minimum absolute atomic E-state index is 0.00111. The fraction of sp³-hybridized carbons (Fsp3) is 0.455. The van der Waals surface area contributed by atoms with E-state index in [0.717, 1.165) is 23.7 Å². The van der Waals surface area contributed by atoms with Gasteiger partial charge in [0, 0.05) is 17.5 Å². The molecule has 1 aliphatic rings. The molecule has 0 aliphatic heterocycles. The topological polar surface area (TPSA) is 12.5 Å². The lowest BCUT2D eigenvalue weighted by Gasteiger charge is -2.41. The molecule has 26 heavy (non-hydrogen) atoms. The van der Waals surface area contributed by atoms with Crippen LogP contribution in [0.5, 0.6) is 5.75 Å². The van der Waals surface area contributed by atoms with Crippen molar-refractivity contribution in [1.29, 1.82) is 0 Å². The second kappa shape index (κ2) is 7.80. The van der Waals surface area contributed by atoms with Gasteiger partial charge in [0.25, 0.3) is 0 Å². The van der Waals surface area contributed by atoms with E-state index in [1.54, 1.807) is 0 Å². The average molecular weight is 392 g/mol. The van der Waals surface area contributed by atoms with Crippen LogP contribution >= 0.6 is 23.2 Å². The number of likely N-dealkylation sites (N-methyl/N-ethyl adjacent to an activating group) is 1. The maximum absolute atomic E-state index is 6.89. The number of halogens is 2. The van der Waals surface area contributed by atoms with E-state index >= 15 is 0 Å². The van der Waals surface area contributed by atoms with E-state index in [9.17, 15) is 0 Å². The fourth-order valence-corrected chi connectivity index (χ4v) is 4.08. The van der Waals surface area contributed by atoms with Crippen LogP contribution in [0.4, 0.5) is 0 Å². The zero-order chi connectivity index (χ0) is 18.9. The van der Waals surface area contributed by atoms with Crippen LogP contribution in [0.3, 0.4) is 0 Å². The van der Waals surface area contributed by atoms with E-state index in [1.807, 2.05) is 26.2 Å². The van der Waals surface area contributed by atoms with Crippen LogP contribution in [0, 0.1) is 5.41 Å². The summed E-state index contributed by atoms with van der Waals surface area (Å²) in [5.41, 5.74) is 3.77. The first-order valence-corrected chi connectivity index (χ1v) is 9.90. The number of benzene rings is 2. The Bertz CT molecular complexity index is 755. The molecule has 0 radical (unpaired) electrons. The number of hydrogen-bond acceptors (Lipinski definition) is 2. The first-order valence-electron chi connectivity index (χ1n) is 9.09. The third-order valence-electron chi connectivity index (χ3n) is 5.20. The van der Waals surface area contributed by atoms with Crippen molar-refractivity contribution in [2.24, 2.45) is 5.41 Å². The van der Waals surface area contributed by atoms with Gasteiger partial charge in [0.2, 0.25) is 0 Å². The molecule has 0 amide bonds. The standard InChI is InChI=1S/C22H27Cl2NO/c1-22(2)14-20(15-5-7-16(23)8-6-15)18-10-9-17(13-19(18)21(22)24)26-12-11-25(3)4/h5-10,13,20-21H,11-12,14H2,1-4H3. The summed E-state index contributed by atoms with van der Waals surface area (Å²) in [6, 6.07) is 14.6. The van der Waals surface area contributed by atoms with Gasteiger partial charge in [-0.15, -0.1) is 11.6 Å². The van der Waals surface area contributed by atoms with Gasteiger partial charge >= 0.3 is 0 Å². The van der Waals surface area contributed by atoms with Gasteiger partial charge in [0.1, 0.15) is 12.4 Å². The highest BCUT2D eigenvalue weighted by molar-refractivity contribution is 6.30. The molecule has 3 rings (SSSR count). The molecule has 0 spiro atoms. The molecule has 4 heteroatoms. The van der Waals surface area contributed by atoms with Gasteiger partial charge in [-0.25, -0.2) is 0 Å². The quantitative estimate of drug-likeness (QED) is 0.568. The molecule has 2 nitrogen and oxygen atoms in total. The zero-order valence-electron chi connectivity index (χ0n) is 15.9.